The SMILES string of the molecule is C=C[C@@H](COCc1ccccc1)[C@@H](C)[C@@H](O[Si](C)(C)C(C)(C)C)C(C)=O. The third kappa shape index (κ3) is 6.49. The summed E-state index contributed by atoms with van der Waals surface area (Å²) < 4.78 is 12.4. The quantitative estimate of drug-likeness (QED) is 0.393. The van der Waals surface area contributed by atoms with Gasteiger partial charge in [-0.15, -0.1) is 6.58 Å². The number of Topliss-reactive ketones (excluding diaryl/α,β-unsaturated/α-hetero) is 1. The molecule has 0 fully saturated rings. The van der Waals surface area contributed by atoms with Gasteiger partial charge in [0.15, 0.2) is 14.1 Å². The summed E-state index contributed by atoms with van der Waals surface area (Å²) in [6.45, 7) is 19.7. The van der Waals surface area contributed by atoms with Crippen LogP contribution in [-0.4, -0.2) is 26.8 Å². The summed E-state index contributed by atoms with van der Waals surface area (Å²) >= 11 is 0. The maximum atomic E-state index is 12.3. The lowest BCUT2D eigenvalue weighted by molar-refractivity contribution is -0.127. The van der Waals surface area contributed by atoms with E-state index in [0.717, 1.165) is 5.56 Å². The van der Waals surface area contributed by atoms with Gasteiger partial charge in [0.25, 0.3) is 0 Å². The molecule has 3 nitrogen and oxygen atoms in total. The molecule has 0 aromatic heterocycles. The zero-order chi connectivity index (χ0) is 20.0. The standard InChI is InChI=1S/C22H36O3Si/c1-9-20(16-24-15-19-13-11-10-12-14-19)17(2)21(18(3)23)25-26(7,8)22(4,5)6/h9-14,17,20-21H,1,15-16H2,2-8H3/t17-,20+,21-/m1/s1. The molecule has 3 atom stereocenters. The second-order valence-electron chi connectivity index (χ2n) is 8.67. The van der Waals surface area contributed by atoms with Crippen molar-refractivity contribution < 1.29 is 14.0 Å². The van der Waals surface area contributed by atoms with Crippen molar-refractivity contribution in [3.8, 4) is 0 Å². The third-order valence-electron chi connectivity index (χ3n) is 5.51. The van der Waals surface area contributed by atoms with Gasteiger partial charge in [-0.25, -0.2) is 0 Å². The van der Waals surface area contributed by atoms with Gasteiger partial charge in [-0.3, -0.25) is 4.79 Å². The minimum absolute atomic E-state index is 0.0231. The Balaban J connectivity index is 2.76. The van der Waals surface area contributed by atoms with Gasteiger partial charge < -0.3 is 9.16 Å². The van der Waals surface area contributed by atoms with E-state index in [4.69, 9.17) is 9.16 Å². The molecule has 0 amide bonds. The minimum Gasteiger partial charge on any atom is -0.407 e. The Hall–Kier alpha value is -1.23. The molecule has 0 aliphatic heterocycles. The Bertz CT molecular complexity index is 575. The van der Waals surface area contributed by atoms with E-state index >= 15 is 0 Å². The number of rotatable bonds is 10. The molecule has 146 valence electrons. The van der Waals surface area contributed by atoms with Gasteiger partial charge in [0, 0.05) is 5.92 Å². The Morgan fingerprint density at radius 2 is 1.81 bits per heavy atom. The lowest BCUT2D eigenvalue weighted by Gasteiger charge is -2.41. The zero-order valence-corrected chi connectivity index (χ0v) is 18.5. The lowest BCUT2D eigenvalue weighted by Crippen LogP contribution is -2.48. The smallest absolute Gasteiger partial charge is 0.193 e. The van der Waals surface area contributed by atoms with Crippen LogP contribution in [0.25, 0.3) is 0 Å². The van der Waals surface area contributed by atoms with Gasteiger partial charge in [-0.2, -0.15) is 0 Å². The molecule has 0 unspecified atom stereocenters. The Morgan fingerprint density at radius 3 is 2.27 bits per heavy atom. The molecule has 0 saturated carbocycles. The summed E-state index contributed by atoms with van der Waals surface area (Å²) in [6, 6.07) is 10.1. The van der Waals surface area contributed by atoms with Crippen LogP contribution in [0.15, 0.2) is 43.0 Å². The summed E-state index contributed by atoms with van der Waals surface area (Å²) in [4.78, 5) is 12.3. The number of benzene rings is 1. The second kappa shape index (κ2) is 9.63. The van der Waals surface area contributed by atoms with E-state index in [1.54, 1.807) is 6.92 Å². The zero-order valence-electron chi connectivity index (χ0n) is 17.5. The van der Waals surface area contributed by atoms with Crippen LogP contribution in [0.1, 0.15) is 40.2 Å². The Kier molecular flexibility index (Phi) is 8.45. The normalized spacial score (nSPS) is 16.0. The van der Waals surface area contributed by atoms with Crippen LogP contribution < -0.4 is 0 Å². The van der Waals surface area contributed by atoms with E-state index in [1.165, 1.54) is 0 Å². The fourth-order valence-electron chi connectivity index (χ4n) is 2.60. The van der Waals surface area contributed by atoms with E-state index in [1.807, 2.05) is 36.4 Å². The first-order valence-corrected chi connectivity index (χ1v) is 12.3. The Labute approximate surface area is 160 Å². The molecule has 1 rings (SSSR count). The van der Waals surface area contributed by atoms with E-state index in [9.17, 15) is 4.79 Å². The fourth-order valence-corrected chi connectivity index (χ4v) is 3.97. The van der Waals surface area contributed by atoms with Gasteiger partial charge in [0.1, 0.15) is 6.10 Å². The van der Waals surface area contributed by atoms with Gasteiger partial charge in [0.05, 0.1) is 13.2 Å². The fraction of sp³-hybridized carbons (Fsp3) is 0.591. The summed E-state index contributed by atoms with van der Waals surface area (Å²) in [5.74, 6) is 0.171. The van der Waals surface area contributed by atoms with Crippen molar-refractivity contribution in [1.29, 1.82) is 0 Å². The molecular weight excluding hydrogens is 340 g/mol. The van der Waals surface area contributed by atoms with Crippen molar-refractivity contribution >= 4 is 14.1 Å². The van der Waals surface area contributed by atoms with Gasteiger partial charge in [-0.05, 0) is 36.5 Å². The van der Waals surface area contributed by atoms with Crippen LogP contribution in [0.3, 0.4) is 0 Å². The monoisotopic (exact) mass is 376 g/mol. The van der Waals surface area contributed by atoms with Crippen molar-refractivity contribution in [3.63, 3.8) is 0 Å². The predicted octanol–water partition coefficient (Wildman–Crippen LogP) is 5.62. The number of ketones is 1. The molecule has 0 aliphatic rings. The van der Waals surface area contributed by atoms with Crippen LogP contribution in [0.5, 0.6) is 0 Å². The van der Waals surface area contributed by atoms with Crippen LogP contribution >= 0.6 is 0 Å². The molecule has 0 heterocycles. The largest absolute Gasteiger partial charge is 0.407 e. The third-order valence-corrected chi connectivity index (χ3v) is 9.96. The second-order valence-corrected chi connectivity index (χ2v) is 13.4. The van der Waals surface area contributed by atoms with Crippen molar-refractivity contribution in [1.82, 2.24) is 0 Å². The lowest BCUT2D eigenvalue weighted by atomic mass is 9.88. The van der Waals surface area contributed by atoms with E-state index in [2.05, 4.69) is 47.4 Å². The molecule has 0 N–H and O–H groups in total. The highest BCUT2D eigenvalue weighted by atomic mass is 28.4. The maximum absolute atomic E-state index is 12.3. The van der Waals surface area contributed by atoms with Crippen molar-refractivity contribution in [2.45, 2.75) is 65.5 Å². The van der Waals surface area contributed by atoms with Crippen LogP contribution in [0.4, 0.5) is 0 Å². The van der Waals surface area contributed by atoms with Crippen LogP contribution in [0.2, 0.25) is 18.1 Å². The molecule has 4 heteroatoms. The summed E-state index contributed by atoms with van der Waals surface area (Å²) in [5, 5.41) is 0.0634. The molecule has 0 bridgehead atoms. The number of hydrogen-bond donors (Lipinski definition) is 0. The molecule has 0 radical (unpaired) electrons. The molecule has 0 saturated heterocycles. The summed E-state index contributed by atoms with van der Waals surface area (Å²) in [5.41, 5.74) is 1.14. The molecule has 0 spiro atoms. The average Bonchev–Trinajstić information content (AvgIpc) is 2.56. The molecule has 0 aliphatic carbocycles. The average molecular weight is 377 g/mol. The Morgan fingerprint density at radius 1 is 1.23 bits per heavy atom. The van der Waals surface area contributed by atoms with E-state index in [0.29, 0.717) is 13.2 Å². The number of hydrogen-bond acceptors (Lipinski definition) is 3. The highest BCUT2D eigenvalue weighted by Gasteiger charge is 2.42. The van der Waals surface area contributed by atoms with Gasteiger partial charge >= 0.3 is 0 Å². The molecular formula is C22H36O3Si. The number of carbonyl (C=O) groups is 1. The number of ether oxygens (including phenoxy) is 1. The van der Waals surface area contributed by atoms with Crippen molar-refractivity contribution in [2.24, 2.45) is 11.8 Å². The van der Waals surface area contributed by atoms with Crippen molar-refractivity contribution in [3.05, 3.63) is 48.6 Å². The molecule has 1 aromatic rings. The predicted molar refractivity (Wildman–Crippen MR) is 112 cm³/mol. The van der Waals surface area contributed by atoms with E-state index < -0.39 is 14.4 Å². The maximum Gasteiger partial charge on any atom is 0.193 e. The molecule has 26 heavy (non-hydrogen) atoms. The topological polar surface area (TPSA) is 35.5 Å². The first kappa shape index (κ1) is 22.8. The van der Waals surface area contributed by atoms with E-state index in [-0.39, 0.29) is 22.7 Å². The highest BCUT2D eigenvalue weighted by Crippen LogP contribution is 2.39. The van der Waals surface area contributed by atoms with Crippen molar-refractivity contribution in [2.75, 3.05) is 6.61 Å². The first-order chi connectivity index (χ1) is 12.0. The van der Waals surface area contributed by atoms with Gasteiger partial charge in [-0.1, -0.05) is 64.1 Å². The first-order valence-electron chi connectivity index (χ1n) is 9.42. The summed E-state index contributed by atoms with van der Waals surface area (Å²) in [6.07, 6.45) is 1.47. The molecule has 1 aromatic carbocycles. The van der Waals surface area contributed by atoms with Crippen LogP contribution in [-0.2, 0) is 20.6 Å². The highest BCUT2D eigenvalue weighted by molar-refractivity contribution is 6.74. The minimum atomic E-state index is -2.03. The number of carbonyl (C=O) groups excluding carboxylic acids is 1. The van der Waals surface area contributed by atoms with Gasteiger partial charge in [0.2, 0.25) is 0 Å². The summed E-state index contributed by atoms with van der Waals surface area (Å²) in [7, 11) is -2.03. The van der Waals surface area contributed by atoms with Crippen LogP contribution in [0, 0.1) is 11.8 Å².